The zero-order valence-electron chi connectivity index (χ0n) is 10.5. The summed E-state index contributed by atoms with van der Waals surface area (Å²) in [4.78, 5) is 0. The molecule has 1 fully saturated rings. The first-order valence-corrected chi connectivity index (χ1v) is 6.62. The van der Waals surface area contributed by atoms with Gasteiger partial charge in [-0.3, -0.25) is 0 Å². The lowest BCUT2D eigenvalue weighted by atomic mass is 10.0. The molecule has 0 radical (unpaired) electrons. The van der Waals surface area contributed by atoms with Crippen LogP contribution < -0.4 is 14.8 Å². The molecule has 1 aliphatic heterocycles. The van der Waals surface area contributed by atoms with Crippen LogP contribution in [0.5, 0.6) is 11.5 Å². The van der Waals surface area contributed by atoms with Crippen LogP contribution in [0.4, 0.5) is 0 Å². The molecule has 0 amide bonds. The minimum Gasteiger partial charge on any atom is -0.495 e. The Balaban J connectivity index is 2.51. The second-order valence-electron chi connectivity index (χ2n) is 4.31. The first kappa shape index (κ1) is 12.7. The maximum atomic E-state index is 5.52. The molecule has 1 atom stereocenters. The molecule has 4 heteroatoms. The minimum absolute atomic E-state index is 0.394. The van der Waals surface area contributed by atoms with E-state index >= 15 is 0 Å². The van der Waals surface area contributed by atoms with Crippen molar-refractivity contribution in [1.82, 2.24) is 5.32 Å². The zero-order valence-corrected chi connectivity index (χ0v) is 12.1. The van der Waals surface area contributed by atoms with E-state index in [2.05, 4.69) is 34.2 Å². The van der Waals surface area contributed by atoms with Crippen molar-refractivity contribution < 1.29 is 9.47 Å². The molecule has 1 N–H and O–H groups in total. The van der Waals surface area contributed by atoms with E-state index in [1.807, 2.05) is 0 Å². The van der Waals surface area contributed by atoms with Crippen molar-refractivity contribution in [2.75, 3.05) is 20.8 Å². The topological polar surface area (TPSA) is 30.5 Å². The van der Waals surface area contributed by atoms with E-state index in [0.717, 1.165) is 34.5 Å². The lowest BCUT2D eigenvalue weighted by molar-refractivity contribution is 0.380. The number of ether oxygens (including phenoxy) is 2. The number of nitrogens with one attached hydrogen (secondary N) is 1. The van der Waals surface area contributed by atoms with Gasteiger partial charge >= 0.3 is 0 Å². The van der Waals surface area contributed by atoms with Gasteiger partial charge in [0.25, 0.3) is 0 Å². The highest BCUT2D eigenvalue weighted by atomic mass is 79.9. The summed E-state index contributed by atoms with van der Waals surface area (Å²) in [7, 11) is 3.38. The van der Waals surface area contributed by atoms with E-state index in [-0.39, 0.29) is 0 Å². The van der Waals surface area contributed by atoms with Gasteiger partial charge in [-0.25, -0.2) is 0 Å². The van der Waals surface area contributed by atoms with Crippen molar-refractivity contribution in [3.05, 3.63) is 21.7 Å². The molecule has 1 aromatic carbocycles. The summed E-state index contributed by atoms with van der Waals surface area (Å²) in [6.07, 6.45) is 2.38. The monoisotopic (exact) mass is 299 g/mol. The Labute approximate surface area is 111 Å². The molecule has 94 valence electrons. The molecule has 2 rings (SSSR count). The predicted octanol–water partition coefficient (Wildman–Crippen LogP) is 3.20. The first-order valence-electron chi connectivity index (χ1n) is 5.83. The molecule has 1 aliphatic rings. The number of methoxy groups -OCH3 is 2. The quantitative estimate of drug-likeness (QED) is 0.930. The fraction of sp³-hybridized carbons (Fsp3) is 0.538. The van der Waals surface area contributed by atoms with Crippen molar-refractivity contribution in [2.45, 2.75) is 25.8 Å². The SMILES string of the molecule is COc1c(C)cc(C2CCCN2)c(OC)c1Br. The molecule has 1 saturated heterocycles. The lowest BCUT2D eigenvalue weighted by Crippen LogP contribution is -2.14. The van der Waals surface area contributed by atoms with Crippen LogP contribution in [0, 0.1) is 6.92 Å². The summed E-state index contributed by atoms with van der Waals surface area (Å²) >= 11 is 3.57. The van der Waals surface area contributed by atoms with Gasteiger partial charge in [-0.15, -0.1) is 0 Å². The molecule has 0 saturated carbocycles. The summed E-state index contributed by atoms with van der Waals surface area (Å²) in [5, 5.41) is 3.50. The molecule has 0 spiro atoms. The third kappa shape index (κ3) is 2.29. The van der Waals surface area contributed by atoms with Gasteiger partial charge in [-0.2, -0.15) is 0 Å². The number of aryl methyl sites for hydroxylation is 1. The molecule has 1 aromatic rings. The zero-order chi connectivity index (χ0) is 12.4. The van der Waals surface area contributed by atoms with Gasteiger partial charge in [0.15, 0.2) is 0 Å². The largest absolute Gasteiger partial charge is 0.495 e. The van der Waals surface area contributed by atoms with Crippen molar-refractivity contribution in [1.29, 1.82) is 0 Å². The fourth-order valence-electron chi connectivity index (χ4n) is 2.43. The summed E-state index contributed by atoms with van der Waals surface area (Å²) in [6.45, 7) is 3.14. The summed E-state index contributed by atoms with van der Waals surface area (Å²) < 4.78 is 11.8. The second kappa shape index (κ2) is 5.27. The number of halogens is 1. The Kier molecular flexibility index (Phi) is 3.94. The Morgan fingerprint density at radius 1 is 1.29 bits per heavy atom. The van der Waals surface area contributed by atoms with Crippen molar-refractivity contribution in [3.8, 4) is 11.5 Å². The van der Waals surface area contributed by atoms with Crippen molar-refractivity contribution >= 4 is 15.9 Å². The van der Waals surface area contributed by atoms with Gasteiger partial charge in [0, 0.05) is 11.6 Å². The molecule has 0 aliphatic carbocycles. The smallest absolute Gasteiger partial charge is 0.141 e. The van der Waals surface area contributed by atoms with Crippen LogP contribution in [0.15, 0.2) is 10.5 Å². The Hall–Kier alpha value is -0.740. The number of hydrogen-bond acceptors (Lipinski definition) is 3. The third-order valence-electron chi connectivity index (χ3n) is 3.24. The molecular formula is C13H18BrNO2. The Morgan fingerprint density at radius 3 is 2.53 bits per heavy atom. The van der Waals surface area contributed by atoms with E-state index in [0.29, 0.717) is 6.04 Å². The van der Waals surface area contributed by atoms with Gasteiger partial charge in [0.2, 0.25) is 0 Å². The Morgan fingerprint density at radius 2 is 2.00 bits per heavy atom. The van der Waals surface area contributed by atoms with Crippen LogP contribution in [-0.4, -0.2) is 20.8 Å². The summed E-state index contributed by atoms with van der Waals surface area (Å²) in [5.74, 6) is 1.73. The molecule has 17 heavy (non-hydrogen) atoms. The number of rotatable bonds is 3. The van der Waals surface area contributed by atoms with Gasteiger partial charge < -0.3 is 14.8 Å². The van der Waals surface area contributed by atoms with Crippen LogP contribution in [-0.2, 0) is 0 Å². The van der Waals surface area contributed by atoms with Crippen LogP contribution in [0.25, 0.3) is 0 Å². The Bertz CT molecular complexity index is 414. The third-order valence-corrected chi connectivity index (χ3v) is 3.96. The summed E-state index contributed by atoms with van der Waals surface area (Å²) in [6, 6.07) is 2.55. The number of hydrogen-bond donors (Lipinski definition) is 1. The van der Waals surface area contributed by atoms with Crippen LogP contribution >= 0.6 is 15.9 Å². The highest BCUT2D eigenvalue weighted by molar-refractivity contribution is 9.10. The molecule has 1 heterocycles. The minimum atomic E-state index is 0.394. The van der Waals surface area contributed by atoms with E-state index in [4.69, 9.17) is 9.47 Å². The van der Waals surface area contributed by atoms with E-state index in [1.54, 1.807) is 14.2 Å². The summed E-state index contributed by atoms with van der Waals surface area (Å²) in [5.41, 5.74) is 2.35. The van der Waals surface area contributed by atoms with Gasteiger partial charge in [-0.05, 0) is 53.9 Å². The van der Waals surface area contributed by atoms with Gasteiger partial charge in [0.1, 0.15) is 16.0 Å². The first-order chi connectivity index (χ1) is 8.19. The average molecular weight is 300 g/mol. The molecule has 3 nitrogen and oxygen atoms in total. The van der Waals surface area contributed by atoms with Crippen LogP contribution in [0.2, 0.25) is 0 Å². The maximum Gasteiger partial charge on any atom is 0.141 e. The predicted molar refractivity (Wildman–Crippen MR) is 72.0 cm³/mol. The molecular weight excluding hydrogens is 282 g/mol. The molecule has 1 unspecified atom stereocenters. The van der Waals surface area contributed by atoms with Crippen molar-refractivity contribution in [2.24, 2.45) is 0 Å². The second-order valence-corrected chi connectivity index (χ2v) is 5.11. The van der Waals surface area contributed by atoms with Crippen molar-refractivity contribution in [3.63, 3.8) is 0 Å². The molecule has 0 bridgehead atoms. The normalized spacial score (nSPS) is 19.4. The lowest BCUT2D eigenvalue weighted by Gasteiger charge is -2.19. The highest BCUT2D eigenvalue weighted by Crippen LogP contribution is 2.43. The fourth-order valence-corrected chi connectivity index (χ4v) is 3.30. The van der Waals surface area contributed by atoms with Crippen LogP contribution in [0.3, 0.4) is 0 Å². The van der Waals surface area contributed by atoms with E-state index < -0.39 is 0 Å². The average Bonchev–Trinajstić information content (AvgIpc) is 2.82. The molecule has 0 aromatic heterocycles. The van der Waals surface area contributed by atoms with E-state index in [9.17, 15) is 0 Å². The van der Waals surface area contributed by atoms with Gasteiger partial charge in [-0.1, -0.05) is 0 Å². The maximum absolute atomic E-state index is 5.52. The highest BCUT2D eigenvalue weighted by Gasteiger charge is 2.24. The van der Waals surface area contributed by atoms with Crippen LogP contribution in [0.1, 0.15) is 30.0 Å². The van der Waals surface area contributed by atoms with E-state index in [1.165, 1.54) is 12.0 Å². The van der Waals surface area contributed by atoms with Gasteiger partial charge in [0.05, 0.1) is 14.2 Å². The number of benzene rings is 1. The standard InChI is InChI=1S/C13H18BrNO2/c1-8-7-9(10-5-4-6-15-10)13(17-3)11(14)12(8)16-2/h7,10,15H,4-6H2,1-3H3.